The SMILES string of the molecule is CCC(=O)CCCN1CCC(CN(C)C)CC1. The van der Waals surface area contributed by atoms with Crippen molar-refractivity contribution >= 4 is 5.78 Å². The number of carbonyl (C=O) groups is 1. The molecule has 3 heteroatoms. The Labute approximate surface area is 106 Å². The summed E-state index contributed by atoms with van der Waals surface area (Å²) in [6.45, 7) is 6.73. The first kappa shape index (κ1) is 14.7. The van der Waals surface area contributed by atoms with E-state index in [1.165, 1.54) is 32.5 Å². The third kappa shape index (κ3) is 6.18. The molecule has 0 aliphatic carbocycles. The summed E-state index contributed by atoms with van der Waals surface area (Å²) in [6, 6.07) is 0. The van der Waals surface area contributed by atoms with Crippen molar-refractivity contribution in [2.45, 2.75) is 39.0 Å². The molecular weight excluding hydrogens is 212 g/mol. The van der Waals surface area contributed by atoms with Crippen molar-refractivity contribution in [1.29, 1.82) is 0 Å². The summed E-state index contributed by atoms with van der Waals surface area (Å²) < 4.78 is 0. The highest BCUT2D eigenvalue weighted by molar-refractivity contribution is 5.77. The Morgan fingerprint density at radius 3 is 2.47 bits per heavy atom. The van der Waals surface area contributed by atoms with E-state index in [1.54, 1.807) is 0 Å². The van der Waals surface area contributed by atoms with Crippen molar-refractivity contribution in [2.75, 3.05) is 40.3 Å². The number of rotatable bonds is 7. The van der Waals surface area contributed by atoms with Crippen LogP contribution in [0.25, 0.3) is 0 Å². The molecular formula is C14H28N2O. The van der Waals surface area contributed by atoms with Crippen LogP contribution in [-0.2, 0) is 4.79 Å². The number of carbonyl (C=O) groups excluding carboxylic acids is 1. The number of nitrogens with zero attached hydrogens (tertiary/aromatic N) is 2. The zero-order chi connectivity index (χ0) is 12.7. The second-order valence-corrected chi connectivity index (χ2v) is 5.54. The second-order valence-electron chi connectivity index (χ2n) is 5.54. The lowest BCUT2D eigenvalue weighted by Crippen LogP contribution is -2.37. The highest BCUT2D eigenvalue weighted by atomic mass is 16.1. The molecule has 3 nitrogen and oxygen atoms in total. The van der Waals surface area contributed by atoms with E-state index in [1.807, 2.05) is 6.92 Å². The van der Waals surface area contributed by atoms with Gasteiger partial charge in [-0.15, -0.1) is 0 Å². The first-order valence-corrected chi connectivity index (χ1v) is 7.00. The van der Waals surface area contributed by atoms with Gasteiger partial charge in [-0.05, 0) is 58.9 Å². The molecule has 0 saturated carbocycles. The maximum absolute atomic E-state index is 11.2. The molecule has 0 aromatic carbocycles. The molecule has 0 atom stereocenters. The van der Waals surface area contributed by atoms with Gasteiger partial charge in [0.15, 0.2) is 0 Å². The normalized spacial score (nSPS) is 18.8. The van der Waals surface area contributed by atoms with Gasteiger partial charge >= 0.3 is 0 Å². The minimum Gasteiger partial charge on any atom is -0.309 e. The highest BCUT2D eigenvalue weighted by Crippen LogP contribution is 2.17. The van der Waals surface area contributed by atoms with E-state index in [4.69, 9.17) is 0 Å². The van der Waals surface area contributed by atoms with Crippen LogP contribution in [0, 0.1) is 5.92 Å². The number of likely N-dealkylation sites (tertiary alicyclic amines) is 1. The first-order valence-electron chi connectivity index (χ1n) is 7.00. The fraction of sp³-hybridized carbons (Fsp3) is 0.929. The third-order valence-electron chi connectivity index (χ3n) is 3.65. The van der Waals surface area contributed by atoms with E-state index in [0.717, 1.165) is 25.3 Å². The Kier molecular flexibility index (Phi) is 6.75. The smallest absolute Gasteiger partial charge is 0.132 e. The minimum atomic E-state index is 0.410. The van der Waals surface area contributed by atoms with Crippen molar-refractivity contribution < 1.29 is 4.79 Å². The fourth-order valence-corrected chi connectivity index (χ4v) is 2.59. The highest BCUT2D eigenvalue weighted by Gasteiger charge is 2.19. The summed E-state index contributed by atoms with van der Waals surface area (Å²) in [4.78, 5) is 16.0. The van der Waals surface area contributed by atoms with E-state index in [9.17, 15) is 4.79 Å². The standard InChI is InChI=1S/C14H28N2O/c1-4-14(17)6-5-9-16-10-7-13(8-11-16)12-15(2)3/h13H,4-12H2,1-3H3. The molecule has 1 aliphatic rings. The molecule has 0 amide bonds. The quantitative estimate of drug-likeness (QED) is 0.680. The molecule has 0 N–H and O–H groups in total. The van der Waals surface area contributed by atoms with Crippen LogP contribution in [0.1, 0.15) is 39.0 Å². The van der Waals surface area contributed by atoms with Gasteiger partial charge in [0.05, 0.1) is 0 Å². The van der Waals surface area contributed by atoms with Gasteiger partial charge in [0.1, 0.15) is 5.78 Å². The maximum Gasteiger partial charge on any atom is 0.132 e. The zero-order valence-electron chi connectivity index (χ0n) is 11.7. The van der Waals surface area contributed by atoms with Gasteiger partial charge in [0, 0.05) is 19.4 Å². The van der Waals surface area contributed by atoms with Gasteiger partial charge in [0.2, 0.25) is 0 Å². The molecule has 1 aliphatic heterocycles. The Balaban J connectivity index is 2.08. The van der Waals surface area contributed by atoms with Crippen LogP contribution in [0.15, 0.2) is 0 Å². The van der Waals surface area contributed by atoms with Crippen LogP contribution in [0.3, 0.4) is 0 Å². The molecule has 1 saturated heterocycles. The van der Waals surface area contributed by atoms with Crippen molar-refractivity contribution in [2.24, 2.45) is 5.92 Å². The lowest BCUT2D eigenvalue weighted by atomic mass is 9.96. The average Bonchev–Trinajstić information content (AvgIpc) is 2.30. The van der Waals surface area contributed by atoms with Crippen molar-refractivity contribution in [3.8, 4) is 0 Å². The monoisotopic (exact) mass is 240 g/mol. The van der Waals surface area contributed by atoms with Crippen LogP contribution in [0.2, 0.25) is 0 Å². The molecule has 0 spiro atoms. The van der Waals surface area contributed by atoms with Gasteiger partial charge in [-0.3, -0.25) is 4.79 Å². The molecule has 0 radical (unpaired) electrons. The number of Topliss-reactive ketones (excluding diaryl/α,β-unsaturated/α-hetero) is 1. The summed E-state index contributed by atoms with van der Waals surface area (Å²) in [7, 11) is 4.31. The maximum atomic E-state index is 11.2. The van der Waals surface area contributed by atoms with Gasteiger partial charge in [-0.25, -0.2) is 0 Å². The predicted molar refractivity (Wildman–Crippen MR) is 72.3 cm³/mol. The molecule has 0 bridgehead atoms. The van der Waals surface area contributed by atoms with Gasteiger partial charge in [0.25, 0.3) is 0 Å². The molecule has 100 valence electrons. The van der Waals surface area contributed by atoms with E-state index < -0.39 is 0 Å². The number of hydrogen-bond donors (Lipinski definition) is 0. The van der Waals surface area contributed by atoms with E-state index in [2.05, 4.69) is 23.9 Å². The topological polar surface area (TPSA) is 23.6 Å². The third-order valence-corrected chi connectivity index (χ3v) is 3.65. The number of piperidine rings is 1. The van der Waals surface area contributed by atoms with Gasteiger partial charge in [-0.2, -0.15) is 0 Å². The summed E-state index contributed by atoms with van der Waals surface area (Å²) >= 11 is 0. The molecule has 1 rings (SSSR count). The Morgan fingerprint density at radius 1 is 1.29 bits per heavy atom. The van der Waals surface area contributed by atoms with Crippen LogP contribution < -0.4 is 0 Å². The van der Waals surface area contributed by atoms with Crippen LogP contribution in [-0.4, -0.2) is 55.9 Å². The predicted octanol–water partition coefficient (Wildman–Crippen LogP) is 2.02. The lowest BCUT2D eigenvalue weighted by molar-refractivity contribution is -0.118. The van der Waals surface area contributed by atoms with Crippen molar-refractivity contribution in [1.82, 2.24) is 9.80 Å². The van der Waals surface area contributed by atoms with E-state index in [-0.39, 0.29) is 0 Å². The first-order chi connectivity index (χ1) is 8.11. The Morgan fingerprint density at radius 2 is 1.94 bits per heavy atom. The average molecular weight is 240 g/mol. The molecule has 1 heterocycles. The molecule has 0 unspecified atom stereocenters. The minimum absolute atomic E-state index is 0.410. The van der Waals surface area contributed by atoms with Gasteiger partial charge in [-0.1, -0.05) is 6.92 Å². The Hall–Kier alpha value is -0.410. The number of ketones is 1. The van der Waals surface area contributed by atoms with Crippen LogP contribution >= 0.6 is 0 Å². The second kappa shape index (κ2) is 7.83. The fourth-order valence-electron chi connectivity index (χ4n) is 2.59. The van der Waals surface area contributed by atoms with Crippen molar-refractivity contribution in [3.05, 3.63) is 0 Å². The summed E-state index contributed by atoms with van der Waals surface area (Å²) in [5.74, 6) is 1.28. The molecule has 1 fully saturated rings. The van der Waals surface area contributed by atoms with Crippen LogP contribution in [0.4, 0.5) is 0 Å². The van der Waals surface area contributed by atoms with Gasteiger partial charge < -0.3 is 9.80 Å². The lowest BCUT2D eigenvalue weighted by Gasteiger charge is -2.33. The zero-order valence-corrected chi connectivity index (χ0v) is 11.7. The van der Waals surface area contributed by atoms with Crippen molar-refractivity contribution in [3.63, 3.8) is 0 Å². The molecule has 17 heavy (non-hydrogen) atoms. The largest absolute Gasteiger partial charge is 0.309 e. The van der Waals surface area contributed by atoms with E-state index in [0.29, 0.717) is 12.2 Å². The molecule has 0 aromatic heterocycles. The Bertz CT molecular complexity index is 220. The van der Waals surface area contributed by atoms with E-state index >= 15 is 0 Å². The number of hydrogen-bond acceptors (Lipinski definition) is 3. The molecule has 0 aromatic rings. The summed E-state index contributed by atoms with van der Waals surface area (Å²) in [6.07, 6.45) is 5.16. The van der Waals surface area contributed by atoms with Crippen LogP contribution in [0.5, 0.6) is 0 Å². The summed E-state index contributed by atoms with van der Waals surface area (Å²) in [5, 5.41) is 0. The summed E-state index contributed by atoms with van der Waals surface area (Å²) in [5.41, 5.74) is 0.